The Kier molecular flexibility index (Phi) is 7.93. The summed E-state index contributed by atoms with van der Waals surface area (Å²) >= 11 is 5.96. The monoisotopic (exact) mass is 517 g/mol. The second-order valence-corrected chi connectivity index (χ2v) is 10.1. The Balaban J connectivity index is 1.55. The number of piperidine rings is 2. The van der Waals surface area contributed by atoms with E-state index in [0.717, 1.165) is 12.1 Å². The quantitative estimate of drug-likeness (QED) is 0.606. The highest BCUT2D eigenvalue weighted by Crippen LogP contribution is 2.34. The summed E-state index contributed by atoms with van der Waals surface area (Å²) in [5, 5.41) is 0.523. The number of nitrogens with zero attached hydrogens (tertiary/aromatic N) is 3. The first-order valence-corrected chi connectivity index (χ1v) is 12.6. The van der Waals surface area contributed by atoms with Gasteiger partial charge in [0.15, 0.2) is 11.6 Å². The summed E-state index contributed by atoms with van der Waals surface area (Å²) in [7, 11) is 1.70. The number of rotatable bonds is 4. The maximum atomic E-state index is 14.2. The second-order valence-electron chi connectivity index (χ2n) is 9.62. The van der Waals surface area contributed by atoms with Crippen molar-refractivity contribution < 1.29 is 23.2 Å². The summed E-state index contributed by atoms with van der Waals surface area (Å²) < 4.78 is 27.9. The van der Waals surface area contributed by atoms with Gasteiger partial charge in [-0.05, 0) is 61.2 Å². The number of carbonyl (C=O) groups is 3. The lowest BCUT2D eigenvalue weighted by Crippen LogP contribution is -2.53. The lowest BCUT2D eigenvalue weighted by molar-refractivity contribution is -0.141. The molecule has 2 heterocycles. The number of carbonyl (C=O) groups excluding carboxylic acids is 3. The van der Waals surface area contributed by atoms with Gasteiger partial charge in [0.2, 0.25) is 11.8 Å². The molecule has 0 radical (unpaired) electrons. The maximum Gasteiger partial charge on any atom is 0.253 e. The Morgan fingerprint density at radius 3 is 2.17 bits per heavy atom. The van der Waals surface area contributed by atoms with Gasteiger partial charge in [-0.3, -0.25) is 14.4 Å². The summed E-state index contributed by atoms with van der Waals surface area (Å²) in [6.45, 7) is 3.37. The first kappa shape index (κ1) is 26.1. The molecule has 2 unspecified atom stereocenters. The molecule has 0 aliphatic carbocycles. The summed E-state index contributed by atoms with van der Waals surface area (Å²) in [5.41, 5.74) is 1.01. The fourth-order valence-corrected chi connectivity index (χ4v) is 5.45. The van der Waals surface area contributed by atoms with Crippen molar-refractivity contribution in [2.75, 3.05) is 33.2 Å². The van der Waals surface area contributed by atoms with Crippen LogP contribution in [-0.4, -0.2) is 71.7 Å². The Hall–Kier alpha value is -3.00. The van der Waals surface area contributed by atoms with Crippen LogP contribution in [0, 0.1) is 17.6 Å². The van der Waals surface area contributed by atoms with E-state index in [9.17, 15) is 23.2 Å². The van der Waals surface area contributed by atoms with Crippen molar-refractivity contribution in [2.45, 2.75) is 38.1 Å². The molecule has 0 spiro atoms. The van der Waals surface area contributed by atoms with Crippen molar-refractivity contribution in [3.05, 3.63) is 70.2 Å². The smallest absolute Gasteiger partial charge is 0.253 e. The molecule has 3 amide bonds. The molecule has 6 nitrogen and oxygen atoms in total. The first-order chi connectivity index (χ1) is 17.2. The van der Waals surface area contributed by atoms with Crippen LogP contribution in [0.1, 0.15) is 48.0 Å². The topological polar surface area (TPSA) is 60.9 Å². The van der Waals surface area contributed by atoms with Gasteiger partial charge in [-0.1, -0.05) is 17.7 Å². The van der Waals surface area contributed by atoms with E-state index in [-0.39, 0.29) is 29.7 Å². The fraction of sp³-hybridized carbons (Fsp3) is 0.444. The van der Waals surface area contributed by atoms with Gasteiger partial charge in [0.1, 0.15) is 0 Å². The Bertz CT molecular complexity index is 1140. The number of hydrogen-bond acceptors (Lipinski definition) is 3. The number of amides is 3. The molecule has 36 heavy (non-hydrogen) atoms. The fourth-order valence-electron chi connectivity index (χ4n) is 5.32. The minimum Gasteiger partial charge on any atom is -0.343 e. The largest absolute Gasteiger partial charge is 0.343 e. The van der Waals surface area contributed by atoms with E-state index >= 15 is 0 Å². The second kappa shape index (κ2) is 10.9. The highest BCUT2D eigenvalue weighted by molar-refractivity contribution is 6.30. The lowest BCUT2D eigenvalue weighted by atomic mass is 9.83. The highest BCUT2D eigenvalue weighted by Gasteiger charge is 2.39. The van der Waals surface area contributed by atoms with E-state index in [1.807, 2.05) is 0 Å². The van der Waals surface area contributed by atoms with Crippen LogP contribution >= 0.6 is 11.6 Å². The number of likely N-dealkylation sites (tertiary alicyclic amines) is 2. The van der Waals surface area contributed by atoms with Crippen LogP contribution in [0.3, 0.4) is 0 Å². The Morgan fingerprint density at radius 2 is 1.56 bits per heavy atom. The number of benzene rings is 2. The van der Waals surface area contributed by atoms with Crippen LogP contribution in [0.2, 0.25) is 5.02 Å². The molecule has 2 atom stereocenters. The molecule has 2 aromatic rings. The lowest BCUT2D eigenvalue weighted by Gasteiger charge is -2.44. The van der Waals surface area contributed by atoms with Crippen LogP contribution in [0.5, 0.6) is 0 Å². The van der Waals surface area contributed by atoms with Gasteiger partial charge >= 0.3 is 0 Å². The van der Waals surface area contributed by atoms with Crippen LogP contribution in [-0.2, 0) is 9.59 Å². The third kappa shape index (κ3) is 5.53. The van der Waals surface area contributed by atoms with Crippen molar-refractivity contribution in [1.29, 1.82) is 0 Å². The molecule has 9 heteroatoms. The third-order valence-corrected chi connectivity index (χ3v) is 7.71. The molecule has 0 bridgehead atoms. The number of likely N-dealkylation sites (N-methyl/N-ethyl adjacent to an activating group) is 1. The molecular weight excluding hydrogens is 488 g/mol. The van der Waals surface area contributed by atoms with Crippen molar-refractivity contribution in [1.82, 2.24) is 14.7 Å². The zero-order valence-electron chi connectivity index (χ0n) is 20.4. The van der Waals surface area contributed by atoms with Gasteiger partial charge in [-0.15, -0.1) is 0 Å². The number of hydrogen-bond donors (Lipinski definition) is 0. The van der Waals surface area contributed by atoms with Crippen LogP contribution in [0.15, 0.2) is 42.5 Å². The van der Waals surface area contributed by atoms with Crippen LogP contribution in [0.4, 0.5) is 8.78 Å². The number of halogens is 3. The molecule has 2 aliphatic heterocycles. The van der Waals surface area contributed by atoms with Crippen molar-refractivity contribution in [3.8, 4) is 0 Å². The molecule has 0 aromatic heterocycles. The molecule has 2 fully saturated rings. The zero-order valence-corrected chi connectivity index (χ0v) is 21.2. The van der Waals surface area contributed by atoms with E-state index in [2.05, 4.69) is 0 Å². The summed E-state index contributed by atoms with van der Waals surface area (Å²) in [6.07, 6.45) is 1.70. The van der Waals surface area contributed by atoms with E-state index in [1.165, 1.54) is 13.0 Å². The normalized spacial score (nSPS) is 20.8. The first-order valence-electron chi connectivity index (χ1n) is 12.2. The Morgan fingerprint density at radius 1 is 0.917 bits per heavy atom. The summed E-state index contributed by atoms with van der Waals surface area (Å²) in [5.74, 6) is -2.67. The molecule has 2 saturated heterocycles. The maximum absolute atomic E-state index is 14.2. The minimum absolute atomic E-state index is 0.00788. The molecule has 0 N–H and O–H groups in total. The van der Waals surface area contributed by atoms with E-state index < -0.39 is 17.6 Å². The molecule has 192 valence electrons. The van der Waals surface area contributed by atoms with Crippen LogP contribution < -0.4 is 0 Å². The van der Waals surface area contributed by atoms with E-state index in [0.29, 0.717) is 61.6 Å². The van der Waals surface area contributed by atoms with Gasteiger partial charge in [0, 0.05) is 68.6 Å². The average molecular weight is 518 g/mol. The third-order valence-electron chi connectivity index (χ3n) is 7.46. The zero-order chi connectivity index (χ0) is 26.0. The molecule has 4 rings (SSSR count). The van der Waals surface area contributed by atoms with Gasteiger partial charge < -0.3 is 14.7 Å². The predicted molar refractivity (Wildman–Crippen MR) is 133 cm³/mol. The predicted octanol–water partition coefficient (Wildman–Crippen LogP) is 4.33. The summed E-state index contributed by atoms with van der Waals surface area (Å²) in [4.78, 5) is 43.4. The Labute approximate surface area is 214 Å². The SMILES string of the molecule is CC(=O)N1CCC(C(=O)N2CCC(N(C)C(=O)c3ccc(Cl)cc3)C(c3ccc(F)c(F)c3)C2)CC1. The standard InChI is InChI=1S/C27H30ClF2N3O3/c1-17(34)32-12-9-19(10-13-32)27(36)33-14-11-25(22(16-33)20-5-8-23(29)24(30)15-20)31(2)26(35)18-3-6-21(28)7-4-18/h3-8,15,19,22,25H,9-14,16H2,1-2H3. The van der Waals surface area contributed by atoms with Gasteiger partial charge in [-0.2, -0.15) is 0 Å². The van der Waals surface area contributed by atoms with Gasteiger partial charge in [-0.25, -0.2) is 8.78 Å². The molecular formula is C27H30ClF2N3O3. The average Bonchev–Trinajstić information content (AvgIpc) is 2.89. The van der Waals surface area contributed by atoms with Gasteiger partial charge in [0.05, 0.1) is 0 Å². The van der Waals surface area contributed by atoms with Crippen molar-refractivity contribution in [2.24, 2.45) is 5.92 Å². The molecule has 2 aliphatic rings. The van der Waals surface area contributed by atoms with E-state index in [4.69, 9.17) is 11.6 Å². The summed E-state index contributed by atoms with van der Waals surface area (Å²) in [6, 6.07) is 10.0. The van der Waals surface area contributed by atoms with Crippen molar-refractivity contribution in [3.63, 3.8) is 0 Å². The van der Waals surface area contributed by atoms with E-state index in [1.54, 1.807) is 46.0 Å². The molecule has 0 saturated carbocycles. The van der Waals surface area contributed by atoms with Crippen LogP contribution in [0.25, 0.3) is 0 Å². The highest BCUT2D eigenvalue weighted by atomic mass is 35.5. The van der Waals surface area contributed by atoms with Crippen molar-refractivity contribution >= 4 is 29.3 Å². The minimum atomic E-state index is -0.960. The molecule has 2 aromatic carbocycles. The van der Waals surface area contributed by atoms with Gasteiger partial charge in [0.25, 0.3) is 5.91 Å².